The Bertz CT molecular complexity index is 559. The Kier molecular flexibility index (Phi) is 2.70. The fourth-order valence-corrected chi connectivity index (χ4v) is 2.50. The molecule has 1 aliphatic carbocycles. The summed E-state index contributed by atoms with van der Waals surface area (Å²) in [5, 5.41) is 11.6. The van der Waals surface area contributed by atoms with Gasteiger partial charge < -0.3 is 5.73 Å². The summed E-state index contributed by atoms with van der Waals surface area (Å²) in [5.41, 5.74) is 6.29. The maximum absolute atomic E-state index is 13.9. The predicted molar refractivity (Wildman–Crippen MR) is 64.7 cm³/mol. The lowest BCUT2D eigenvalue weighted by Gasteiger charge is -2.10. The number of hydrogen-bond acceptors (Lipinski definition) is 4. The fourth-order valence-electron chi connectivity index (χ4n) is 2.50. The minimum atomic E-state index is -0.401. The summed E-state index contributed by atoms with van der Waals surface area (Å²) in [6.07, 6.45) is 4.50. The highest BCUT2D eigenvalue weighted by atomic mass is 19.1. The zero-order valence-electron chi connectivity index (χ0n) is 9.88. The van der Waals surface area contributed by atoms with Crippen LogP contribution in [0.1, 0.15) is 37.4 Å². The van der Waals surface area contributed by atoms with Crippen LogP contribution >= 0.6 is 0 Å². The van der Waals surface area contributed by atoms with Gasteiger partial charge in [-0.3, -0.25) is 0 Å². The van der Waals surface area contributed by atoms with E-state index in [4.69, 9.17) is 5.73 Å². The van der Waals surface area contributed by atoms with Crippen LogP contribution in [-0.4, -0.2) is 20.2 Å². The Morgan fingerprint density at radius 3 is 2.78 bits per heavy atom. The number of nitrogens with two attached hydrogens (primary N) is 1. The zero-order chi connectivity index (χ0) is 12.5. The number of anilines is 1. The van der Waals surface area contributed by atoms with Crippen molar-refractivity contribution in [1.82, 2.24) is 20.2 Å². The molecule has 2 aromatic rings. The van der Waals surface area contributed by atoms with E-state index in [1.54, 1.807) is 12.1 Å². The van der Waals surface area contributed by atoms with Crippen LogP contribution in [0.15, 0.2) is 18.2 Å². The van der Waals surface area contributed by atoms with Gasteiger partial charge in [-0.2, -0.15) is 4.68 Å². The Labute approximate surface area is 104 Å². The van der Waals surface area contributed by atoms with Crippen LogP contribution in [0.3, 0.4) is 0 Å². The number of nitrogen functional groups attached to an aromatic ring is 1. The molecule has 0 atom stereocenters. The molecule has 18 heavy (non-hydrogen) atoms. The summed E-state index contributed by atoms with van der Waals surface area (Å²) in [6, 6.07) is 4.55. The van der Waals surface area contributed by atoms with Gasteiger partial charge in [0, 0.05) is 11.6 Å². The molecular formula is C12H14FN5. The number of nitrogens with zero attached hydrogens (tertiary/aromatic N) is 4. The number of halogens is 1. The highest BCUT2D eigenvalue weighted by Crippen LogP contribution is 2.33. The highest BCUT2D eigenvalue weighted by molar-refractivity contribution is 5.46. The second-order valence-corrected chi connectivity index (χ2v) is 4.64. The molecular weight excluding hydrogens is 233 g/mol. The van der Waals surface area contributed by atoms with E-state index in [1.807, 2.05) is 0 Å². The largest absolute Gasteiger partial charge is 0.399 e. The Morgan fingerprint density at radius 1 is 1.28 bits per heavy atom. The van der Waals surface area contributed by atoms with Crippen LogP contribution in [0.25, 0.3) is 5.69 Å². The van der Waals surface area contributed by atoms with Gasteiger partial charge in [-0.15, -0.1) is 5.10 Å². The SMILES string of the molecule is Nc1ccc(-n2nnnc2C2CCCC2)c(F)c1. The molecule has 1 aliphatic rings. The number of benzene rings is 1. The topological polar surface area (TPSA) is 69.6 Å². The molecule has 1 heterocycles. The smallest absolute Gasteiger partial charge is 0.159 e. The lowest BCUT2D eigenvalue weighted by molar-refractivity contribution is 0.586. The molecule has 0 spiro atoms. The second-order valence-electron chi connectivity index (χ2n) is 4.64. The van der Waals surface area contributed by atoms with Crippen molar-refractivity contribution in [3.63, 3.8) is 0 Å². The van der Waals surface area contributed by atoms with Crippen molar-refractivity contribution in [1.29, 1.82) is 0 Å². The molecule has 6 heteroatoms. The third-order valence-electron chi connectivity index (χ3n) is 3.41. The molecule has 1 aromatic carbocycles. The van der Waals surface area contributed by atoms with E-state index in [0.717, 1.165) is 18.7 Å². The summed E-state index contributed by atoms with van der Waals surface area (Å²) < 4.78 is 15.4. The normalized spacial score (nSPS) is 16.3. The molecule has 1 fully saturated rings. The minimum absolute atomic E-state index is 0.331. The van der Waals surface area contributed by atoms with Crippen molar-refractivity contribution >= 4 is 5.69 Å². The van der Waals surface area contributed by atoms with Crippen molar-refractivity contribution in [2.45, 2.75) is 31.6 Å². The van der Waals surface area contributed by atoms with E-state index in [9.17, 15) is 4.39 Å². The Balaban J connectivity index is 2.03. The monoisotopic (exact) mass is 247 g/mol. The zero-order valence-corrected chi connectivity index (χ0v) is 9.88. The summed E-state index contributed by atoms with van der Waals surface area (Å²) in [4.78, 5) is 0. The van der Waals surface area contributed by atoms with Crippen LogP contribution in [0.5, 0.6) is 0 Å². The molecule has 0 bridgehead atoms. The van der Waals surface area contributed by atoms with E-state index in [-0.39, 0.29) is 0 Å². The number of hydrogen-bond donors (Lipinski definition) is 1. The van der Waals surface area contributed by atoms with E-state index >= 15 is 0 Å². The lowest BCUT2D eigenvalue weighted by Crippen LogP contribution is -2.08. The number of tetrazole rings is 1. The Morgan fingerprint density at radius 2 is 2.06 bits per heavy atom. The van der Waals surface area contributed by atoms with Crippen LogP contribution in [0.2, 0.25) is 0 Å². The minimum Gasteiger partial charge on any atom is -0.399 e. The molecule has 3 rings (SSSR count). The quantitative estimate of drug-likeness (QED) is 0.824. The predicted octanol–water partition coefficient (Wildman–Crippen LogP) is 2.04. The maximum atomic E-state index is 13.9. The van der Waals surface area contributed by atoms with Crippen LogP contribution in [-0.2, 0) is 0 Å². The van der Waals surface area contributed by atoms with Gasteiger partial charge in [-0.25, -0.2) is 4.39 Å². The van der Waals surface area contributed by atoms with E-state index in [0.29, 0.717) is 17.3 Å². The van der Waals surface area contributed by atoms with E-state index in [1.165, 1.54) is 23.6 Å². The van der Waals surface area contributed by atoms with Gasteiger partial charge in [0.2, 0.25) is 0 Å². The van der Waals surface area contributed by atoms with Gasteiger partial charge >= 0.3 is 0 Å². The average molecular weight is 247 g/mol. The second kappa shape index (κ2) is 4.36. The van der Waals surface area contributed by atoms with Crippen LogP contribution in [0, 0.1) is 5.82 Å². The van der Waals surface area contributed by atoms with Crippen molar-refractivity contribution in [3.05, 3.63) is 29.8 Å². The summed E-state index contributed by atoms with van der Waals surface area (Å²) >= 11 is 0. The molecule has 94 valence electrons. The molecule has 5 nitrogen and oxygen atoms in total. The van der Waals surface area contributed by atoms with Crippen molar-refractivity contribution in [3.8, 4) is 5.69 Å². The summed E-state index contributed by atoms with van der Waals surface area (Å²) in [6.45, 7) is 0. The first kappa shape index (κ1) is 11.1. The number of rotatable bonds is 2. The van der Waals surface area contributed by atoms with Crippen molar-refractivity contribution < 1.29 is 4.39 Å². The van der Waals surface area contributed by atoms with Gasteiger partial charge in [0.25, 0.3) is 0 Å². The van der Waals surface area contributed by atoms with Crippen molar-refractivity contribution in [2.24, 2.45) is 0 Å². The lowest BCUT2D eigenvalue weighted by atomic mass is 10.1. The molecule has 1 aromatic heterocycles. The van der Waals surface area contributed by atoms with E-state index < -0.39 is 5.82 Å². The highest BCUT2D eigenvalue weighted by Gasteiger charge is 2.24. The molecule has 2 N–H and O–H groups in total. The molecule has 0 aliphatic heterocycles. The Hall–Kier alpha value is -1.98. The fraction of sp³-hybridized carbons (Fsp3) is 0.417. The third kappa shape index (κ3) is 1.83. The molecule has 0 radical (unpaired) electrons. The average Bonchev–Trinajstić information content (AvgIpc) is 2.98. The standard InChI is InChI=1S/C12H14FN5/c13-10-7-9(14)5-6-11(10)18-12(15-16-17-18)8-3-1-2-4-8/h5-8H,1-4,14H2. The first-order valence-electron chi connectivity index (χ1n) is 6.09. The van der Waals surface area contributed by atoms with E-state index in [2.05, 4.69) is 15.5 Å². The molecule has 0 unspecified atom stereocenters. The first-order chi connectivity index (χ1) is 8.75. The van der Waals surface area contributed by atoms with Crippen LogP contribution < -0.4 is 5.73 Å². The van der Waals surface area contributed by atoms with Gasteiger partial charge in [-0.05, 0) is 41.5 Å². The van der Waals surface area contributed by atoms with Crippen molar-refractivity contribution in [2.75, 3.05) is 5.73 Å². The van der Waals surface area contributed by atoms with Gasteiger partial charge in [-0.1, -0.05) is 12.8 Å². The molecule has 1 saturated carbocycles. The van der Waals surface area contributed by atoms with Gasteiger partial charge in [0.15, 0.2) is 11.6 Å². The number of aromatic nitrogens is 4. The van der Waals surface area contributed by atoms with Crippen LogP contribution in [0.4, 0.5) is 10.1 Å². The summed E-state index contributed by atoms with van der Waals surface area (Å²) in [7, 11) is 0. The third-order valence-corrected chi connectivity index (χ3v) is 3.41. The maximum Gasteiger partial charge on any atom is 0.159 e. The van der Waals surface area contributed by atoms with Gasteiger partial charge in [0.1, 0.15) is 5.69 Å². The first-order valence-corrected chi connectivity index (χ1v) is 6.09. The molecule has 0 saturated heterocycles. The summed E-state index contributed by atoms with van der Waals surface area (Å²) in [5.74, 6) is 0.676. The van der Waals surface area contributed by atoms with Gasteiger partial charge in [0.05, 0.1) is 0 Å². The molecule has 0 amide bonds.